The Morgan fingerprint density at radius 3 is 1.29 bits per heavy atom. The van der Waals surface area contributed by atoms with Crippen LogP contribution < -0.4 is 0 Å². The quantitative estimate of drug-likeness (QED) is 0.158. The van der Waals surface area contributed by atoms with Crippen molar-refractivity contribution < 1.29 is 19.1 Å². The van der Waals surface area contributed by atoms with Gasteiger partial charge in [0.25, 0.3) is 0 Å². The lowest BCUT2D eigenvalue weighted by molar-refractivity contribution is -0.144. The van der Waals surface area contributed by atoms with E-state index in [1.807, 2.05) is 0 Å². The first-order valence-electron chi connectivity index (χ1n) is 9.14. The molecule has 0 aliphatic rings. The molecule has 0 aromatic carbocycles. The molecule has 0 atom stereocenters. The van der Waals surface area contributed by atoms with E-state index in [0.717, 1.165) is 74.9 Å². The van der Waals surface area contributed by atoms with Crippen LogP contribution in [0.4, 0.5) is 0 Å². The SMILES string of the molecule is O=C(CCCCBr)OCCCCCCCCOC(=O)CCCCBr. The van der Waals surface area contributed by atoms with Crippen LogP contribution in [0, 0.1) is 0 Å². The number of rotatable bonds is 17. The van der Waals surface area contributed by atoms with Crippen LogP contribution in [0.5, 0.6) is 0 Å². The standard InChI is InChI=1S/C18H32Br2O4/c19-13-7-5-11-17(21)23-15-9-3-1-2-4-10-16-24-18(22)12-6-8-14-20/h1-16H2. The summed E-state index contributed by atoms with van der Waals surface area (Å²) in [5.74, 6) is -0.150. The highest BCUT2D eigenvalue weighted by molar-refractivity contribution is 9.09. The third-order valence-corrected chi connectivity index (χ3v) is 4.72. The summed E-state index contributed by atoms with van der Waals surface area (Å²) in [7, 11) is 0. The largest absolute Gasteiger partial charge is 0.466 e. The van der Waals surface area contributed by atoms with Gasteiger partial charge in [0.1, 0.15) is 0 Å². The number of carbonyl (C=O) groups excluding carboxylic acids is 2. The van der Waals surface area contributed by atoms with Gasteiger partial charge in [0.05, 0.1) is 13.2 Å². The minimum atomic E-state index is -0.0751. The lowest BCUT2D eigenvalue weighted by atomic mass is 10.1. The summed E-state index contributed by atoms with van der Waals surface area (Å²) in [5, 5.41) is 1.88. The van der Waals surface area contributed by atoms with Gasteiger partial charge in [-0.3, -0.25) is 9.59 Å². The minimum absolute atomic E-state index is 0.0751. The molecule has 0 aromatic heterocycles. The summed E-state index contributed by atoms with van der Waals surface area (Å²) >= 11 is 6.69. The van der Waals surface area contributed by atoms with Gasteiger partial charge in [0.15, 0.2) is 0 Å². The smallest absolute Gasteiger partial charge is 0.305 e. The van der Waals surface area contributed by atoms with Gasteiger partial charge in [-0.2, -0.15) is 0 Å². The average molecular weight is 472 g/mol. The van der Waals surface area contributed by atoms with E-state index in [-0.39, 0.29) is 11.9 Å². The van der Waals surface area contributed by atoms with Crippen molar-refractivity contribution in [3.05, 3.63) is 0 Å². The maximum Gasteiger partial charge on any atom is 0.305 e. The minimum Gasteiger partial charge on any atom is -0.466 e. The summed E-state index contributed by atoms with van der Waals surface area (Å²) in [6.45, 7) is 1.08. The summed E-state index contributed by atoms with van der Waals surface area (Å²) in [6, 6.07) is 0. The molecule has 6 heteroatoms. The number of ether oxygens (including phenoxy) is 2. The third-order valence-electron chi connectivity index (χ3n) is 3.59. The molecule has 0 aromatic rings. The Kier molecular flexibility index (Phi) is 19.1. The van der Waals surface area contributed by atoms with Crippen molar-refractivity contribution in [2.45, 2.75) is 77.0 Å². The van der Waals surface area contributed by atoms with E-state index in [9.17, 15) is 9.59 Å². The van der Waals surface area contributed by atoms with Crippen molar-refractivity contribution in [2.75, 3.05) is 23.9 Å². The molecule has 142 valence electrons. The molecule has 0 bridgehead atoms. The Bertz CT molecular complexity index is 281. The Morgan fingerprint density at radius 2 is 0.917 bits per heavy atom. The molecular formula is C18H32Br2O4. The molecule has 0 radical (unpaired) electrons. The molecule has 0 saturated heterocycles. The van der Waals surface area contributed by atoms with Gasteiger partial charge in [-0.1, -0.05) is 57.5 Å². The van der Waals surface area contributed by atoms with E-state index in [0.29, 0.717) is 26.1 Å². The van der Waals surface area contributed by atoms with Gasteiger partial charge in [-0.15, -0.1) is 0 Å². The number of hydrogen-bond acceptors (Lipinski definition) is 4. The van der Waals surface area contributed by atoms with E-state index in [1.165, 1.54) is 0 Å². The highest BCUT2D eigenvalue weighted by Gasteiger charge is 2.03. The van der Waals surface area contributed by atoms with Gasteiger partial charge in [0.2, 0.25) is 0 Å². The van der Waals surface area contributed by atoms with Crippen LogP contribution in [0.2, 0.25) is 0 Å². The first kappa shape index (κ1) is 23.9. The molecule has 0 amide bonds. The molecule has 0 spiro atoms. The van der Waals surface area contributed by atoms with E-state index >= 15 is 0 Å². The predicted octanol–water partition coefficient (Wildman–Crippen LogP) is 5.54. The van der Waals surface area contributed by atoms with Crippen molar-refractivity contribution in [3.8, 4) is 0 Å². The Hall–Kier alpha value is -0.100. The van der Waals surface area contributed by atoms with Crippen LogP contribution >= 0.6 is 31.9 Å². The van der Waals surface area contributed by atoms with E-state index in [2.05, 4.69) is 31.9 Å². The summed E-state index contributed by atoms with van der Waals surface area (Å²) in [4.78, 5) is 22.8. The monoisotopic (exact) mass is 470 g/mol. The topological polar surface area (TPSA) is 52.6 Å². The zero-order valence-electron chi connectivity index (χ0n) is 14.7. The van der Waals surface area contributed by atoms with Crippen LogP contribution in [0.3, 0.4) is 0 Å². The molecule has 0 aliphatic heterocycles. The third kappa shape index (κ3) is 18.2. The second kappa shape index (κ2) is 19.2. The Balaban J connectivity index is 3.20. The molecular weight excluding hydrogens is 440 g/mol. The number of carbonyl (C=O) groups is 2. The maximum absolute atomic E-state index is 11.4. The summed E-state index contributed by atoms with van der Waals surface area (Å²) in [5.41, 5.74) is 0. The first-order valence-corrected chi connectivity index (χ1v) is 11.4. The van der Waals surface area contributed by atoms with E-state index in [4.69, 9.17) is 9.47 Å². The van der Waals surface area contributed by atoms with Gasteiger partial charge in [-0.25, -0.2) is 0 Å². The summed E-state index contributed by atoms with van der Waals surface area (Å²) in [6.07, 6.45) is 11.2. The molecule has 4 nitrogen and oxygen atoms in total. The van der Waals surface area contributed by atoms with Crippen molar-refractivity contribution in [1.82, 2.24) is 0 Å². The number of halogens is 2. The van der Waals surface area contributed by atoms with Crippen LogP contribution in [0.15, 0.2) is 0 Å². The lowest BCUT2D eigenvalue weighted by Gasteiger charge is -2.06. The highest BCUT2D eigenvalue weighted by atomic mass is 79.9. The first-order chi connectivity index (χ1) is 11.7. The van der Waals surface area contributed by atoms with Gasteiger partial charge >= 0.3 is 11.9 Å². The average Bonchev–Trinajstić information content (AvgIpc) is 2.57. The van der Waals surface area contributed by atoms with Crippen molar-refractivity contribution in [3.63, 3.8) is 0 Å². The fourth-order valence-corrected chi connectivity index (χ4v) is 2.95. The molecule has 0 unspecified atom stereocenters. The zero-order chi connectivity index (χ0) is 17.9. The molecule has 0 fully saturated rings. The number of esters is 2. The normalized spacial score (nSPS) is 10.6. The zero-order valence-corrected chi connectivity index (χ0v) is 17.9. The second-order valence-corrected chi connectivity index (χ2v) is 7.44. The van der Waals surface area contributed by atoms with Crippen molar-refractivity contribution in [2.24, 2.45) is 0 Å². The molecule has 0 N–H and O–H groups in total. The number of alkyl halides is 2. The number of hydrogen-bond donors (Lipinski definition) is 0. The lowest BCUT2D eigenvalue weighted by Crippen LogP contribution is -2.06. The van der Waals surface area contributed by atoms with Crippen molar-refractivity contribution in [1.29, 1.82) is 0 Å². The Morgan fingerprint density at radius 1 is 0.542 bits per heavy atom. The fourth-order valence-electron chi connectivity index (χ4n) is 2.16. The predicted molar refractivity (Wildman–Crippen MR) is 105 cm³/mol. The van der Waals surface area contributed by atoms with Crippen LogP contribution in [0.1, 0.15) is 77.0 Å². The van der Waals surface area contributed by atoms with Crippen LogP contribution in [0.25, 0.3) is 0 Å². The van der Waals surface area contributed by atoms with Gasteiger partial charge in [0, 0.05) is 23.5 Å². The highest BCUT2D eigenvalue weighted by Crippen LogP contribution is 2.07. The maximum atomic E-state index is 11.4. The molecule has 0 heterocycles. The summed E-state index contributed by atoms with van der Waals surface area (Å²) < 4.78 is 10.4. The molecule has 0 aliphatic carbocycles. The molecule has 0 rings (SSSR count). The molecule has 0 saturated carbocycles. The fraction of sp³-hybridized carbons (Fsp3) is 0.889. The van der Waals surface area contributed by atoms with Gasteiger partial charge < -0.3 is 9.47 Å². The Labute approximate surface area is 163 Å². The van der Waals surface area contributed by atoms with Crippen LogP contribution in [-0.4, -0.2) is 35.8 Å². The van der Waals surface area contributed by atoms with Crippen LogP contribution in [-0.2, 0) is 19.1 Å². The van der Waals surface area contributed by atoms with E-state index in [1.54, 1.807) is 0 Å². The molecule has 24 heavy (non-hydrogen) atoms. The second-order valence-electron chi connectivity index (χ2n) is 5.85. The van der Waals surface area contributed by atoms with E-state index < -0.39 is 0 Å². The van der Waals surface area contributed by atoms with Crippen molar-refractivity contribution >= 4 is 43.8 Å². The van der Waals surface area contributed by atoms with Gasteiger partial charge in [-0.05, 0) is 38.5 Å². The number of unbranched alkanes of at least 4 members (excludes halogenated alkanes) is 7.